The molecule has 3 fully saturated rings. The summed E-state index contributed by atoms with van der Waals surface area (Å²) in [5.41, 5.74) is 0.294. The smallest absolute Gasteiger partial charge is 0.147 e. The second-order valence-corrected chi connectivity index (χ2v) is 5.33. The van der Waals surface area contributed by atoms with Crippen LogP contribution in [0.15, 0.2) is 0 Å². The summed E-state index contributed by atoms with van der Waals surface area (Å²) < 4.78 is 0. The molecule has 2 heterocycles. The highest BCUT2D eigenvalue weighted by Crippen LogP contribution is 2.57. The Morgan fingerprint density at radius 1 is 1.57 bits per heavy atom. The van der Waals surface area contributed by atoms with E-state index in [1.54, 1.807) is 6.92 Å². The Morgan fingerprint density at radius 2 is 2.21 bits per heavy atom. The third-order valence-corrected chi connectivity index (χ3v) is 4.37. The Hall–Kier alpha value is -0.410. The largest absolute Gasteiger partial charge is 0.381 e. The highest BCUT2D eigenvalue weighted by Gasteiger charge is 2.58. The van der Waals surface area contributed by atoms with Crippen LogP contribution < -0.4 is 0 Å². The van der Waals surface area contributed by atoms with E-state index in [1.165, 1.54) is 0 Å². The predicted molar refractivity (Wildman–Crippen MR) is 53.6 cm³/mol. The molecule has 0 radical (unpaired) electrons. The van der Waals surface area contributed by atoms with Crippen molar-refractivity contribution in [3.05, 3.63) is 0 Å². The van der Waals surface area contributed by atoms with Gasteiger partial charge in [-0.3, -0.25) is 9.69 Å². The minimum absolute atomic E-state index is 0.0212. The topological polar surface area (TPSA) is 40.5 Å². The Bertz CT molecular complexity index is 262. The standard InChI is InChI=1S/C11H19NO2/c1-7(14)10-9-4-8(11(9,2)3)5-12(10)6-13/h8-10,13H,4-6H2,1-3H3/t8?,9?,10-/m1/s1. The molecule has 1 N–H and O–H groups in total. The maximum absolute atomic E-state index is 11.5. The Morgan fingerprint density at radius 3 is 2.64 bits per heavy atom. The number of aliphatic hydroxyl groups is 1. The summed E-state index contributed by atoms with van der Waals surface area (Å²) >= 11 is 0. The molecule has 2 saturated heterocycles. The zero-order valence-electron chi connectivity index (χ0n) is 9.16. The molecule has 0 aromatic carbocycles. The fraction of sp³-hybridized carbons (Fsp3) is 0.909. The van der Waals surface area contributed by atoms with Gasteiger partial charge in [0, 0.05) is 6.54 Å². The molecule has 3 nitrogen and oxygen atoms in total. The Kier molecular flexibility index (Phi) is 2.20. The molecule has 1 aliphatic carbocycles. The molecular formula is C11H19NO2. The van der Waals surface area contributed by atoms with Crippen LogP contribution in [0.5, 0.6) is 0 Å². The van der Waals surface area contributed by atoms with Crippen LogP contribution in [0.1, 0.15) is 27.2 Å². The van der Waals surface area contributed by atoms with E-state index in [2.05, 4.69) is 13.8 Å². The van der Waals surface area contributed by atoms with Gasteiger partial charge in [-0.2, -0.15) is 0 Å². The van der Waals surface area contributed by atoms with Crippen molar-refractivity contribution in [3.63, 3.8) is 0 Å². The molecule has 3 aliphatic rings. The molecule has 2 bridgehead atoms. The third-order valence-electron chi connectivity index (χ3n) is 4.37. The molecule has 80 valence electrons. The van der Waals surface area contributed by atoms with Crippen molar-refractivity contribution in [2.24, 2.45) is 17.3 Å². The fourth-order valence-electron chi connectivity index (χ4n) is 3.24. The number of nitrogens with zero attached hydrogens (tertiary/aromatic N) is 1. The first-order valence-corrected chi connectivity index (χ1v) is 5.34. The zero-order chi connectivity index (χ0) is 10.5. The summed E-state index contributed by atoms with van der Waals surface area (Å²) in [6.07, 6.45) is 1.16. The van der Waals surface area contributed by atoms with Crippen molar-refractivity contribution in [1.29, 1.82) is 0 Å². The number of carbonyl (C=O) groups excluding carboxylic acids is 1. The summed E-state index contributed by atoms with van der Waals surface area (Å²) in [6.45, 7) is 7.03. The molecule has 0 aromatic rings. The molecule has 0 amide bonds. The number of hydrogen-bond acceptors (Lipinski definition) is 3. The summed E-state index contributed by atoms with van der Waals surface area (Å²) in [4.78, 5) is 13.5. The summed E-state index contributed by atoms with van der Waals surface area (Å²) in [6, 6.07) is -0.0417. The lowest BCUT2D eigenvalue weighted by atomic mass is 9.49. The van der Waals surface area contributed by atoms with Gasteiger partial charge in [-0.25, -0.2) is 0 Å². The first-order valence-electron chi connectivity index (χ1n) is 5.34. The number of ketones is 1. The van der Waals surface area contributed by atoms with Crippen LogP contribution in [0, 0.1) is 17.3 Å². The second-order valence-electron chi connectivity index (χ2n) is 5.33. The quantitative estimate of drug-likeness (QED) is 0.714. The molecule has 0 aromatic heterocycles. The van der Waals surface area contributed by atoms with Crippen molar-refractivity contribution in [2.45, 2.75) is 33.2 Å². The number of aliphatic hydroxyl groups excluding tert-OH is 1. The molecule has 2 unspecified atom stereocenters. The van der Waals surface area contributed by atoms with Crippen LogP contribution in [-0.4, -0.2) is 35.1 Å². The van der Waals surface area contributed by atoms with Gasteiger partial charge in [-0.1, -0.05) is 13.8 Å². The van der Waals surface area contributed by atoms with Crippen LogP contribution in [0.4, 0.5) is 0 Å². The summed E-state index contributed by atoms with van der Waals surface area (Å²) in [5.74, 6) is 1.32. The third kappa shape index (κ3) is 1.15. The summed E-state index contributed by atoms with van der Waals surface area (Å²) in [7, 11) is 0. The average Bonchev–Trinajstić information content (AvgIpc) is 2.16. The number of piperidine rings is 2. The van der Waals surface area contributed by atoms with Crippen molar-refractivity contribution in [1.82, 2.24) is 4.90 Å². The lowest BCUT2D eigenvalue weighted by Crippen LogP contribution is -2.67. The lowest BCUT2D eigenvalue weighted by molar-refractivity contribution is -0.172. The minimum Gasteiger partial charge on any atom is -0.381 e. The van der Waals surface area contributed by atoms with Crippen molar-refractivity contribution < 1.29 is 9.90 Å². The zero-order valence-corrected chi connectivity index (χ0v) is 9.16. The molecule has 3 rings (SSSR count). The number of fused-ring (bicyclic) bond motifs is 2. The highest BCUT2D eigenvalue weighted by atomic mass is 16.3. The first kappa shape index (κ1) is 10.1. The summed E-state index contributed by atoms with van der Waals surface area (Å²) in [5, 5.41) is 9.19. The number of rotatable bonds is 2. The first-order chi connectivity index (χ1) is 6.48. The van der Waals surface area contributed by atoms with E-state index in [4.69, 9.17) is 0 Å². The molecular weight excluding hydrogens is 178 g/mol. The van der Waals surface area contributed by atoms with E-state index in [9.17, 15) is 9.90 Å². The van der Waals surface area contributed by atoms with Gasteiger partial charge in [0.1, 0.15) is 5.78 Å². The van der Waals surface area contributed by atoms with Gasteiger partial charge in [0.15, 0.2) is 0 Å². The lowest BCUT2D eigenvalue weighted by Gasteiger charge is -2.62. The predicted octanol–water partition coefficient (Wildman–Crippen LogP) is 0.872. The van der Waals surface area contributed by atoms with Gasteiger partial charge in [0.25, 0.3) is 0 Å². The van der Waals surface area contributed by atoms with Crippen molar-refractivity contribution in [3.8, 4) is 0 Å². The molecule has 2 aliphatic heterocycles. The Balaban J connectivity index is 2.21. The number of hydrogen-bond donors (Lipinski definition) is 1. The van der Waals surface area contributed by atoms with Crippen LogP contribution in [0.3, 0.4) is 0 Å². The normalized spacial score (nSPS) is 40.4. The monoisotopic (exact) mass is 197 g/mol. The van der Waals surface area contributed by atoms with E-state index < -0.39 is 0 Å². The van der Waals surface area contributed by atoms with Crippen molar-refractivity contribution in [2.75, 3.05) is 13.3 Å². The van der Waals surface area contributed by atoms with Crippen molar-refractivity contribution >= 4 is 5.78 Å². The van der Waals surface area contributed by atoms with Gasteiger partial charge in [-0.15, -0.1) is 0 Å². The van der Waals surface area contributed by atoms with E-state index in [0.29, 0.717) is 17.3 Å². The maximum atomic E-state index is 11.5. The molecule has 0 spiro atoms. The molecule has 3 atom stereocenters. The van der Waals surface area contributed by atoms with E-state index in [-0.39, 0.29) is 18.6 Å². The Labute approximate surface area is 85.1 Å². The van der Waals surface area contributed by atoms with Gasteiger partial charge in [0.05, 0.1) is 12.8 Å². The minimum atomic E-state index is -0.0417. The number of Topliss-reactive ketones (excluding diaryl/α,β-unsaturated/α-hetero) is 1. The molecule has 14 heavy (non-hydrogen) atoms. The van der Waals surface area contributed by atoms with Crippen LogP contribution in [0.25, 0.3) is 0 Å². The maximum Gasteiger partial charge on any atom is 0.147 e. The van der Waals surface area contributed by atoms with Gasteiger partial charge in [0.2, 0.25) is 0 Å². The van der Waals surface area contributed by atoms with Crippen LogP contribution >= 0.6 is 0 Å². The fourth-order valence-corrected chi connectivity index (χ4v) is 3.24. The second kappa shape index (κ2) is 3.04. The van der Waals surface area contributed by atoms with E-state index in [0.717, 1.165) is 13.0 Å². The van der Waals surface area contributed by atoms with Gasteiger partial charge < -0.3 is 5.11 Å². The number of carbonyl (C=O) groups is 1. The molecule has 3 heteroatoms. The highest BCUT2D eigenvalue weighted by molar-refractivity contribution is 5.82. The van der Waals surface area contributed by atoms with Gasteiger partial charge in [-0.05, 0) is 30.6 Å². The van der Waals surface area contributed by atoms with Crippen LogP contribution in [-0.2, 0) is 4.79 Å². The average molecular weight is 197 g/mol. The van der Waals surface area contributed by atoms with Gasteiger partial charge >= 0.3 is 0 Å². The SMILES string of the molecule is CC(=O)[C@@H]1C2CC(CN1CO)C2(C)C. The van der Waals surface area contributed by atoms with E-state index in [1.807, 2.05) is 4.90 Å². The van der Waals surface area contributed by atoms with E-state index >= 15 is 0 Å². The van der Waals surface area contributed by atoms with Crippen LogP contribution in [0.2, 0.25) is 0 Å². The molecule has 1 saturated carbocycles.